The molecule has 3 aromatic rings. The molecule has 27 heavy (non-hydrogen) atoms. The molecule has 1 aromatic carbocycles. The molecule has 2 heterocycles. The lowest BCUT2D eigenvalue weighted by molar-refractivity contribution is -0.114. The number of nitrogens with zero attached hydrogens (tertiary/aromatic N) is 3. The average Bonchev–Trinajstić information content (AvgIpc) is 3.00. The van der Waals surface area contributed by atoms with Crippen molar-refractivity contribution in [3.63, 3.8) is 0 Å². The van der Waals surface area contributed by atoms with Crippen molar-refractivity contribution in [2.75, 3.05) is 5.32 Å². The Balaban J connectivity index is 1.75. The minimum Gasteiger partial charge on any atom is -0.326 e. The van der Waals surface area contributed by atoms with E-state index in [-0.39, 0.29) is 17.5 Å². The maximum absolute atomic E-state index is 12.8. The number of rotatable bonds is 3. The Morgan fingerprint density at radius 1 is 1.19 bits per heavy atom. The van der Waals surface area contributed by atoms with Crippen molar-refractivity contribution in [2.24, 2.45) is 0 Å². The van der Waals surface area contributed by atoms with Gasteiger partial charge in [-0.25, -0.2) is 4.98 Å². The van der Waals surface area contributed by atoms with Gasteiger partial charge in [0.1, 0.15) is 11.3 Å². The number of anilines is 1. The molecule has 1 saturated carbocycles. The zero-order valence-corrected chi connectivity index (χ0v) is 15.6. The normalized spacial score (nSPS) is 15.2. The molecule has 1 aliphatic carbocycles. The highest BCUT2D eigenvalue weighted by atomic mass is 16.1. The molecule has 1 fully saturated rings. The summed E-state index contributed by atoms with van der Waals surface area (Å²) in [7, 11) is 0. The monoisotopic (exact) mass is 365 g/mol. The Bertz CT molecular complexity index is 1040. The van der Waals surface area contributed by atoms with Gasteiger partial charge in [-0.2, -0.15) is 5.10 Å². The molecule has 0 unspecified atom stereocenters. The summed E-state index contributed by atoms with van der Waals surface area (Å²) in [5, 5.41) is 7.37. The number of aromatic nitrogens is 4. The highest BCUT2D eigenvalue weighted by Gasteiger charge is 2.22. The molecule has 1 aliphatic rings. The fraction of sp³-hybridized carbons (Fsp3) is 0.400. The lowest BCUT2D eigenvalue weighted by Crippen LogP contribution is -2.19. The van der Waals surface area contributed by atoms with Crippen molar-refractivity contribution in [3.05, 3.63) is 40.3 Å². The Kier molecular flexibility index (Phi) is 4.51. The number of H-pyrrole nitrogens is 1. The van der Waals surface area contributed by atoms with E-state index in [0.717, 1.165) is 24.1 Å². The Morgan fingerprint density at radius 3 is 2.56 bits per heavy atom. The number of aromatic amines is 1. The highest BCUT2D eigenvalue weighted by Crippen LogP contribution is 2.30. The molecule has 0 atom stereocenters. The third-order valence-corrected chi connectivity index (χ3v) is 5.12. The number of aryl methyl sites for hydroxylation is 1. The van der Waals surface area contributed by atoms with Crippen LogP contribution in [0.1, 0.15) is 50.8 Å². The standard InChI is InChI=1S/C20H23N5O2/c1-12-17-18(25(24-12)16-6-4-3-5-7-16)20(27)23-19(22-17)14-8-10-15(11-9-14)21-13(2)26/h8-11,16H,3-7H2,1-2H3,(H,21,26)(H,22,23,27). The Morgan fingerprint density at radius 2 is 1.89 bits per heavy atom. The number of fused-ring (bicyclic) bond motifs is 1. The van der Waals surface area contributed by atoms with Gasteiger partial charge in [0.25, 0.3) is 5.56 Å². The van der Waals surface area contributed by atoms with Gasteiger partial charge in [0.2, 0.25) is 5.91 Å². The number of benzene rings is 1. The van der Waals surface area contributed by atoms with E-state index in [9.17, 15) is 9.59 Å². The number of carbonyl (C=O) groups excluding carboxylic acids is 1. The highest BCUT2D eigenvalue weighted by molar-refractivity contribution is 5.89. The molecule has 2 aromatic heterocycles. The van der Waals surface area contributed by atoms with Crippen molar-refractivity contribution < 1.29 is 4.79 Å². The maximum atomic E-state index is 12.8. The topological polar surface area (TPSA) is 92.7 Å². The van der Waals surface area contributed by atoms with Crippen LogP contribution in [0.5, 0.6) is 0 Å². The van der Waals surface area contributed by atoms with Gasteiger partial charge >= 0.3 is 0 Å². The van der Waals surface area contributed by atoms with E-state index in [1.54, 1.807) is 12.1 Å². The summed E-state index contributed by atoms with van der Waals surface area (Å²) in [5.74, 6) is 0.384. The molecule has 7 heteroatoms. The van der Waals surface area contributed by atoms with Crippen LogP contribution in [0.4, 0.5) is 5.69 Å². The second-order valence-corrected chi connectivity index (χ2v) is 7.19. The van der Waals surface area contributed by atoms with Crippen LogP contribution < -0.4 is 10.9 Å². The van der Waals surface area contributed by atoms with Crippen LogP contribution in [0.2, 0.25) is 0 Å². The van der Waals surface area contributed by atoms with Crippen LogP contribution in [0.15, 0.2) is 29.1 Å². The summed E-state index contributed by atoms with van der Waals surface area (Å²) in [6.07, 6.45) is 5.72. The van der Waals surface area contributed by atoms with E-state index in [2.05, 4.69) is 20.4 Å². The molecule has 0 aliphatic heterocycles. The van der Waals surface area contributed by atoms with Crippen molar-refractivity contribution >= 4 is 22.6 Å². The van der Waals surface area contributed by atoms with Crippen LogP contribution >= 0.6 is 0 Å². The van der Waals surface area contributed by atoms with Crippen LogP contribution in [0.3, 0.4) is 0 Å². The van der Waals surface area contributed by atoms with Crippen molar-refractivity contribution in [3.8, 4) is 11.4 Å². The van der Waals surface area contributed by atoms with E-state index in [1.165, 1.54) is 26.2 Å². The smallest absolute Gasteiger partial charge is 0.277 e. The number of nitrogens with one attached hydrogen (secondary N) is 2. The summed E-state index contributed by atoms with van der Waals surface area (Å²) < 4.78 is 1.89. The molecule has 2 N–H and O–H groups in total. The molecular formula is C20H23N5O2. The number of hydrogen-bond acceptors (Lipinski definition) is 4. The summed E-state index contributed by atoms with van der Waals surface area (Å²) in [4.78, 5) is 31.6. The van der Waals surface area contributed by atoms with Crippen molar-refractivity contribution in [2.45, 2.75) is 52.0 Å². The second kappa shape index (κ2) is 6.98. The molecule has 4 rings (SSSR count). The minimum atomic E-state index is -0.160. The molecule has 7 nitrogen and oxygen atoms in total. The minimum absolute atomic E-state index is 0.124. The predicted molar refractivity (Wildman–Crippen MR) is 105 cm³/mol. The SMILES string of the molecule is CC(=O)Nc1ccc(-c2nc3c(C)nn(C4CCCCC4)c3c(=O)[nH]2)cc1. The first-order valence-electron chi connectivity index (χ1n) is 9.40. The van der Waals surface area contributed by atoms with Gasteiger partial charge in [0, 0.05) is 18.2 Å². The Labute approximate surface area is 156 Å². The van der Waals surface area contributed by atoms with Gasteiger partial charge in [-0.15, -0.1) is 0 Å². The van der Waals surface area contributed by atoms with Gasteiger partial charge in [0.05, 0.1) is 11.7 Å². The van der Waals surface area contributed by atoms with E-state index >= 15 is 0 Å². The van der Waals surface area contributed by atoms with E-state index in [4.69, 9.17) is 0 Å². The molecule has 0 spiro atoms. The maximum Gasteiger partial charge on any atom is 0.277 e. The number of hydrogen-bond donors (Lipinski definition) is 2. The van der Waals surface area contributed by atoms with Crippen molar-refractivity contribution in [1.82, 2.24) is 19.7 Å². The fourth-order valence-electron chi connectivity index (χ4n) is 3.83. The molecule has 0 saturated heterocycles. The van der Waals surface area contributed by atoms with Crippen molar-refractivity contribution in [1.29, 1.82) is 0 Å². The van der Waals surface area contributed by atoms with Crippen LogP contribution in [0.25, 0.3) is 22.4 Å². The number of carbonyl (C=O) groups is 1. The summed E-state index contributed by atoms with van der Waals surface area (Å²) in [6.45, 7) is 3.37. The van der Waals surface area contributed by atoms with Crippen LogP contribution in [-0.2, 0) is 4.79 Å². The lowest BCUT2D eigenvalue weighted by atomic mass is 9.95. The lowest BCUT2D eigenvalue weighted by Gasteiger charge is -2.22. The molecule has 1 amide bonds. The molecule has 0 radical (unpaired) electrons. The first-order valence-corrected chi connectivity index (χ1v) is 9.40. The second-order valence-electron chi connectivity index (χ2n) is 7.19. The largest absolute Gasteiger partial charge is 0.326 e. The van der Waals surface area contributed by atoms with Gasteiger partial charge in [0.15, 0.2) is 5.52 Å². The van der Waals surface area contributed by atoms with Gasteiger partial charge in [-0.05, 0) is 44.0 Å². The van der Waals surface area contributed by atoms with Gasteiger partial charge < -0.3 is 10.3 Å². The van der Waals surface area contributed by atoms with E-state index in [1.807, 2.05) is 23.7 Å². The summed E-state index contributed by atoms with van der Waals surface area (Å²) in [6, 6.07) is 7.52. The molecule has 140 valence electrons. The zero-order chi connectivity index (χ0) is 19.0. The number of amides is 1. The fourth-order valence-corrected chi connectivity index (χ4v) is 3.83. The van der Waals surface area contributed by atoms with Gasteiger partial charge in [-0.1, -0.05) is 19.3 Å². The predicted octanol–water partition coefficient (Wildman–Crippen LogP) is 3.56. The third-order valence-electron chi connectivity index (χ3n) is 5.12. The molecule has 0 bridgehead atoms. The zero-order valence-electron chi connectivity index (χ0n) is 15.6. The third kappa shape index (κ3) is 3.37. The van der Waals surface area contributed by atoms with E-state index < -0.39 is 0 Å². The summed E-state index contributed by atoms with van der Waals surface area (Å²) in [5.41, 5.74) is 3.33. The Hall–Kier alpha value is -2.96. The summed E-state index contributed by atoms with van der Waals surface area (Å²) >= 11 is 0. The van der Waals surface area contributed by atoms with Gasteiger partial charge in [-0.3, -0.25) is 14.3 Å². The quantitative estimate of drug-likeness (QED) is 0.742. The van der Waals surface area contributed by atoms with E-state index in [0.29, 0.717) is 22.5 Å². The average molecular weight is 365 g/mol. The molecular weight excluding hydrogens is 342 g/mol. The first kappa shape index (κ1) is 17.5. The van der Waals surface area contributed by atoms with Crippen LogP contribution in [0, 0.1) is 6.92 Å². The first-order chi connectivity index (χ1) is 13.0. The van der Waals surface area contributed by atoms with Crippen LogP contribution in [-0.4, -0.2) is 25.7 Å².